The predicted molar refractivity (Wildman–Crippen MR) is 64.8 cm³/mol. The van der Waals surface area contributed by atoms with Crippen molar-refractivity contribution in [1.82, 2.24) is 4.90 Å². The van der Waals surface area contributed by atoms with E-state index in [2.05, 4.69) is 11.4 Å². The smallest absolute Gasteiger partial charge is 0.241 e. The van der Waals surface area contributed by atoms with Crippen LogP contribution in [0.4, 0.5) is 5.69 Å². The van der Waals surface area contributed by atoms with Gasteiger partial charge >= 0.3 is 0 Å². The highest BCUT2D eigenvalue weighted by atomic mass is 16.3. The Morgan fingerprint density at radius 3 is 2.82 bits per heavy atom. The van der Waals surface area contributed by atoms with Gasteiger partial charge in [-0.25, -0.2) is 0 Å². The summed E-state index contributed by atoms with van der Waals surface area (Å²) >= 11 is 0. The number of para-hydroxylation sites is 1. The minimum atomic E-state index is -0.256. The van der Waals surface area contributed by atoms with Crippen molar-refractivity contribution < 1.29 is 9.90 Å². The number of benzene rings is 1. The molecule has 0 bridgehead atoms. The van der Waals surface area contributed by atoms with Gasteiger partial charge in [-0.3, -0.25) is 9.69 Å². The number of nitrogens with zero attached hydrogens (tertiary/aromatic N) is 1. The van der Waals surface area contributed by atoms with Crippen molar-refractivity contribution in [3.63, 3.8) is 0 Å². The van der Waals surface area contributed by atoms with Crippen LogP contribution in [0.3, 0.4) is 0 Å². The molecule has 4 nitrogen and oxygen atoms in total. The van der Waals surface area contributed by atoms with Crippen LogP contribution >= 0.6 is 0 Å². The SMILES string of the molecule is O=C1Nc2ccccc2CCC1N1CC(O)C1. The van der Waals surface area contributed by atoms with Gasteiger partial charge in [-0.05, 0) is 24.5 Å². The van der Waals surface area contributed by atoms with E-state index in [0.29, 0.717) is 13.1 Å². The molecule has 4 heteroatoms. The Labute approximate surface area is 100 Å². The standard InChI is InChI=1S/C13H16N2O2/c16-10-7-15(8-10)12-6-5-9-3-1-2-4-11(9)14-13(12)17/h1-4,10,12,16H,5-8H2,(H,14,17). The fourth-order valence-corrected chi connectivity index (χ4v) is 2.59. The first kappa shape index (κ1) is 10.7. The van der Waals surface area contributed by atoms with E-state index in [1.54, 1.807) is 0 Å². The van der Waals surface area contributed by atoms with Crippen LogP contribution in [0.2, 0.25) is 0 Å². The number of rotatable bonds is 1. The molecular formula is C13H16N2O2. The molecule has 2 aliphatic heterocycles. The Hall–Kier alpha value is -1.39. The molecule has 1 atom stereocenters. The molecular weight excluding hydrogens is 216 g/mol. The van der Waals surface area contributed by atoms with Crippen molar-refractivity contribution in [2.45, 2.75) is 25.0 Å². The number of carbonyl (C=O) groups excluding carboxylic acids is 1. The molecule has 2 aliphatic rings. The van der Waals surface area contributed by atoms with E-state index < -0.39 is 0 Å². The molecule has 0 radical (unpaired) electrons. The van der Waals surface area contributed by atoms with Crippen molar-refractivity contribution in [2.24, 2.45) is 0 Å². The van der Waals surface area contributed by atoms with Crippen molar-refractivity contribution in [1.29, 1.82) is 0 Å². The number of carbonyl (C=O) groups is 1. The third kappa shape index (κ3) is 1.94. The van der Waals surface area contributed by atoms with Gasteiger partial charge in [0, 0.05) is 18.8 Å². The molecule has 1 amide bonds. The van der Waals surface area contributed by atoms with Crippen molar-refractivity contribution >= 4 is 11.6 Å². The molecule has 2 N–H and O–H groups in total. The number of nitrogens with one attached hydrogen (secondary N) is 1. The number of amides is 1. The summed E-state index contributed by atoms with van der Waals surface area (Å²) < 4.78 is 0. The zero-order chi connectivity index (χ0) is 11.8. The van der Waals surface area contributed by atoms with E-state index in [1.807, 2.05) is 23.1 Å². The Morgan fingerprint density at radius 1 is 1.29 bits per heavy atom. The molecule has 0 aromatic heterocycles. The van der Waals surface area contributed by atoms with Crippen molar-refractivity contribution in [3.05, 3.63) is 29.8 Å². The summed E-state index contributed by atoms with van der Waals surface area (Å²) in [6, 6.07) is 7.85. The molecule has 1 aromatic rings. The minimum Gasteiger partial charge on any atom is -0.390 e. The lowest BCUT2D eigenvalue weighted by molar-refractivity contribution is -0.126. The van der Waals surface area contributed by atoms with E-state index in [0.717, 1.165) is 18.5 Å². The second-order valence-corrected chi connectivity index (χ2v) is 4.81. The molecule has 17 heavy (non-hydrogen) atoms. The lowest BCUT2D eigenvalue weighted by Gasteiger charge is -2.40. The summed E-state index contributed by atoms with van der Waals surface area (Å²) in [5, 5.41) is 12.3. The van der Waals surface area contributed by atoms with E-state index >= 15 is 0 Å². The molecule has 1 saturated heterocycles. The molecule has 0 saturated carbocycles. The molecule has 1 fully saturated rings. The van der Waals surface area contributed by atoms with E-state index in [9.17, 15) is 9.90 Å². The molecule has 90 valence electrons. The average Bonchev–Trinajstić information content (AvgIpc) is 2.44. The Bertz CT molecular complexity index is 441. The third-order valence-electron chi connectivity index (χ3n) is 3.60. The van der Waals surface area contributed by atoms with Crippen LogP contribution in [0, 0.1) is 0 Å². The van der Waals surface area contributed by atoms with Gasteiger partial charge in [0.1, 0.15) is 0 Å². The largest absolute Gasteiger partial charge is 0.390 e. The van der Waals surface area contributed by atoms with Crippen molar-refractivity contribution in [3.8, 4) is 0 Å². The summed E-state index contributed by atoms with van der Waals surface area (Å²) in [6.07, 6.45) is 1.48. The second-order valence-electron chi connectivity index (χ2n) is 4.81. The zero-order valence-electron chi connectivity index (χ0n) is 9.60. The molecule has 0 aliphatic carbocycles. The summed E-state index contributed by atoms with van der Waals surface area (Å²) in [7, 11) is 0. The van der Waals surface area contributed by atoms with Gasteiger partial charge in [0.05, 0.1) is 12.1 Å². The van der Waals surface area contributed by atoms with Gasteiger partial charge in [-0.2, -0.15) is 0 Å². The maximum atomic E-state index is 12.1. The van der Waals surface area contributed by atoms with Crippen LogP contribution < -0.4 is 5.32 Å². The highest BCUT2D eigenvalue weighted by molar-refractivity contribution is 5.96. The number of β-amino-alcohol motifs (C(OH)–C–C–N with tert-alkyl or cyclic N) is 1. The van der Waals surface area contributed by atoms with Crippen LogP contribution in [0.5, 0.6) is 0 Å². The van der Waals surface area contributed by atoms with Crippen LogP contribution in [-0.2, 0) is 11.2 Å². The van der Waals surface area contributed by atoms with Crippen LogP contribution in [-0.4, -0.2) is 41.1 Å². The first-order chi connectivity index (χ1) is 8.24. The zero-order valence-corrected chi connectivity index (χ0v) is 9.60. The summed E-state index contributed by atoms with van der Waals surface area (Å²) in [5.74, 6) is 0.0573. The fourth-order valence-electron chi connectivity index (χ4n) is 2.59. The topological polar surface area (TPSA) is 52.6 Å². The van der Waals surface area contributed by atoms with Crippen LogP contribution in [0.25, 0.3) is 0 Å². The number of aliphatic hydroxyl groups is 1. The highest BCUT2D eigenvalue weighted by Crippen LogP contribution is 2.25. The molecule has 1 aromatic carbocycles. The molecule has 1 unspecified atom stereocenters. The molecule has 0 spiro atoms. The lowest BCUT2D eigenvalue weighted by Crippen LogP contribution is -2.58. The van der Waals surface area contributed by atoms with Gasteiger partial charge in [0.25, 0.3) is 0 Å². The van der Waals surface area contributed by atoms with Crippen molar-refractivity contribution in [2.75, 3.05) is 18.4 Å². The van der Waals surface area contributed by atoms with Gasteiger partial charge < -0.3 is 10.4 Å². The summed E-state index contributed by atoms with van der Waals surface area (Å²) in [5.41, 5.74) is 2.13. The van der Waals surface area contributed by atoms with Gasteiger partial charge in [0.15, 0.2) is 0 Å². The maximum absolute atomic E-state index is 12.1. The predicted octanol–water partition coefficient (Wildman–Crippen LogP) is 0.616. The number of aryl methyl sites for hydroxylation is 1. The fraction of sp³-hybridized carbons (Fsp3) is 0.462. The monoisotopic (exact) mass is 232 g/mol. The number of aliphatic hydroxyl groups excluding tert-OH is 1. The Balaban J connectivity index is 1.78. The third-order valence-corrected chi connectivity index (χ3v) is 3.60. The maximum Gasteiger partial charge on any atom is 0.241 e. The van der Waals surface area contributed by atoms with Gasteiger partial charge in [-0.15, -0.1) is 0 Å². The van der Waals surface area contributed by atoms with E-state index in [-0.39, 0.29) is 18.1 Å². The average molecular weight is 232 g/mol. The van der Waals surface area contributed by atoms with Gasteiger partial charge in [0.2, 0.25) is 5.91 Å². The number of anilines is 1. The summed E-state index contributed by atoms with van der Waals surface area (Å²) in [4.78, 5) is 14.1. The molecule has 2 heterocycles. The summed E-state index contributed by atoms with van der Waals surface area (Å²) in [6.45, 7) is 1.24. The Morgan fingerprint density at radius 2 is 2.06 bits per heavy atom. The highest BCUT2D eigenvalue weighted by Gasteiger charge is 2.36. The van der Waals surface area contributed by atoms with Crippen LogP contribution in [0.1, 0.15) is 12.0 Å². The van der Waals surface area contributed by atoms with Gasteiger partial charge in [-0.1, -0.05) is 18.2 Å². The number of hydrogen-bond donors (Lipinski definition) is 2. The number of hydrogen-bond acceptors (Lipinski definition) is 3. The van der Waals surface area contributed by atoms with E-state index in [4.69, 9.17) is 0 Å². The lowest BCUT2D eigenvalue weighted by atomic mass is 10.0. The molecule has 3 rings (SSSR count). The Kier molecular flexibility index (Phi) is 2.61. The second kappa shape index (κ2) is 4.13. The first-order valence-corrected chi connectivity index (χ1v) is 6.05. The first-order valence-electron chi connectivity index (χ1n) is 6.05. The number of likely N-dealkylation sites (tertiary alicyclic amines) is 1. The van der Waals surface area contributed by atoms with E-state index in [1.165, 1.54) is 5.56 Å². The quantitative estimate of drug-likeness (QED) is 0.746. The minimum absolute atomic E-state index is 0.0573. The van der Waals surface area contributed by atoms with Crippen LogP contribution in [0.15, 0.2) is 24.3 Å². The normalized spacial score (nSPS) is 25.7. The number of fused-ring (bicyclic) bond motifs is 1.